The third-order valence-electron chi connectivity index (χ3n) is 4.77. The zero-order chi connectivity index (χ0) is 17.9. The van der Waals surface area contributed by atoms with Crippen LogP contribution in [-0.2, 0) is 19.8 Å². The Labute approximate surface area is 140 Å². The van der Waals surface area contributed by atoms with Crippen molar-refractivity contribution in [2.45, 2.75) is 46.5 Å². The van der Waals surface area contributed by atoms with E-state index in [4.69, 9.17) is 0 Å². The molecule has 1 N–H and O–H groups in total. The summed E-state index contributed by atoms with van der Waals surface area (Å²) < 4.78 is 0. The number of benzene rings is 1. The molecule has 2 aliphatic rings. The first-order valence-electron chi connectivity index (χ1n) is 7.93. The highest BCUT2D eigenvalue weighted by atomic mass is 16.2. The van der Waals surface area contributed by atoms with Crippen molar-refractivity contribution in [3.8, 4) is 0 Å². The van der Waals surface area contributed by atoms with Gasteiger partial charge >= 0.3 is 0 Å². The lowest BCUT2D eigenvalue weighted by Gasteiger charge is -2.30. The van der Waals surface area contributed by atoms with Gasteiger partial charge in [-0.2, -0.15) is 5.10 Å². The van der Waals surface area contributed by atoms with Gasteiger partial charge in [0.05, 0.1) is 16.8 Å². The van der Waals surface area contributed by atoms with Crippen molar-refractivity contribution in [1.29, 1.82) is 0 Å². The molecule has 0 radical (unpaired) electrons. The summed E-state index contributed by atoms with van der Waals surface area (Å²) in [7, 11) is 0. The predicted molar refractivity (Wildman–Crippen MR) is 90.7 cm³/mol. The molecule has 2 aliphatic heterocycles. The van der Waals surface area contributed by atoms with Crippen LogP contribution < -0.4 is 10.3 Å². The zero-order valence-corrected chi connectivity index (χ0v) is 14.6. The molecule has 3 amide bonds. The Morgan fingerprint density at radius 2 is 1.88 bits per heavy atom. The molecule has 1 aromatic carbocycles. The summed E-state index contributed by atoms with van der Waals surface area (Å²) >= 11 is 0. The Balaban J connectivity index is 2.14. The van der Waals surface area contributed by atoms with E-state index >= 15 is 0 Å². The molecule has 0 unspecified atom stereocenters. The molecule has 0 atom stereocenters. The number of anilines is 1. The van der Waals surface area contributed by atoms with Gasteiger partial charge in [-0.1, -0.05) is 19.9 Å². The Kier molecular flexibility index (Phi) is 3.41. The van der Waals surface area contributed by atoms with E-state index in [1.54, 1.807) is 6.07 Å². The van der Waals surface area contributed by atoms with E-state index in [2.05, 4.69) is 10.5 Å². The number of fused-ring (bicyclic) bond motifs is 1. The monoisotopic (exact) mass is 327 g/mol. The largest absolute Gasteiger partial charge is 0.274 e. The van der Waals surface area contributed by atoms with Gasteiger partial charge in [0.2, 0.25) is 17.7 Å². The highest BCUT2D eigenvalue weighted by Gasteiger charge is 2.46. The molecule has 24 heavy (non-hydrogen) atoms. The average Bonchev–Trinajstić information content (AvgIpc) is 2.65. The maximum absolute atomic E-state index is 12.6. The third-order valence-corrected chi connectivity index (χ3v) is 4.77. The highest BCUT2D eigenvalue weighted by molar-refractivity contribution is 6.22. The highest BCUT2D eigenvalue weighted by Crippen LogP contribution is 2.43. The van der Waals surface area contributed by atoms with E-state index < -0.39 is 10.8 Å². The van der Waals surface area contributed by atoms with Gasteiger partial charge in [0.1, 0.15) is 0 Å². The van der Waals surface area contributed by atoms with Crippen molar-refractivity contribution < 1.29 is 14.4 Å². The molecule has 0 saturated carbocycles. The van der Waals surface area contributed by atoms with Crippen molar-refractivity contribution in [2.75, 3.05) is 4.90 Å². The van der Waals surface area contributed by atoms with Gasteiger partial charge in [0.15, 0.2) is 0 Å². The number of nitrogens with one attached hydrogen (secondary N) is 1. The summed E-state index contributed by atoms with van der Waals surface area (Å²) in [6, 6.07) is 5.55. The topological polar surface area (TPSA) is 78.8 Å². The number of hydrogen-bond acceptors (Lipinski definition) is 4. The van der Waals surface area contributed by atoms with Gasteiger partial charge in [0, 0.05) is 18.8 Å². The lowest BCUT2D eigenvalue weighted by Crippen LogP contribution is -2.39. The van der Waals surface area contributed by atoms with Crippen LogP contribution in [0, 0.1) is 5.41 Å². The Bertz CT molecular complexity index is 806. The second-order valence-electron chi connectivity index (χ2n) is 7.57. The SMILES string of the molecule is CC(=O)N1C(=O)C(C)(C)c2cc(C3=NNC(=O)CC3(C)C)ccc21. The molecule has 0 saturated heterocycles. The van der Waals surface area contributed by atoms with E-state index in [9.17, 15) is 14.4 Å². The summed E-state index contributed by atoms with van der Waals surface area (Å²) in [5.74, 6) is -0.620. The van der Waals surface area contributed by atoms with Crippen LogP contribution in [0.1, 0.15) is 52.2 Å². The van der Waals surface area contributed by atoms with E-state index in [0.29, 0.717) is 12.1 Å². The van der Waals surface area contributed by atoms with Crippen molar-refractivity contribution in [3.63, 3.8) is 0 Å². The number of imide groups is 1. The van der Waals surface area contributed by atoms with Crippen molar-refractivity contribution in [2.24, 2.45) is 10.5 Å². The molecule has 3 rings (SSSR count). The smallest absolute Gasteiger partial charge is 0.243 e. The lowest BCUT2D eigenvalue weighted by molar-refractivity contribution is -0.127. The predicted octanol–water partition coefficient (Wildman–Crippen LogP) is 2.11. The second kappa shape index (κ2) is 5.00. The van der Waals surface area contributed by atoms with Gasteiger partial charge in [-0.15, -0.1) is 0 Å². The maximum atomic E-state index is 12.6. The molecule has 0 spiro atoms. The summed E-state index contributed by atoms with van der Waals surface area (Å²) in [5.41, 5.74) is 4.40. The van der Waals surface area contributed by atoms with E-state index in [1.807, 2.05) is 39.8 Å². The van der Waals surface area contributed by atoms with Crippen LogP contribution in [0.5, 0.6) is 0 Å². The normalized spacial score (nSPS) is 21.2. The van der Waals surface area contributed by atoms with Crippen LogP contribution in [0.25, 0.3) is 0 Å². The van der Waals surface area contributed by atoms with Crippen LogP contribution in [0.2, 0.25) is 0 Å². The summed E-state index contributed by atoms with van der Waals surface area (Å²) in [6.45, 7) is 8.96. The van der Waals surface area contributed by atoms with Crippen LogP contribution in [0.4, 0.5) is 5.69 Å². The summed E-state index contributed by atoms with van der Waals surface area (Å²) in [4.78, 5) is 37.3. The first kappa shape index (κ1) is 16.4. The van der Waals surface area contributed by atoms with E-state index in [-0.39, 0.29) is 17.7 Å². The minimum atomic E-state index is -0.778. The molecular formula is C18H21N3O3. The first-order chi connectivity index (χ1) is 11.1. The Morgan fingerprint density at radius 1 is 1.21 bits per heavy atom. The van der Waals surface area contributed by atoms with Gasteiger partial charge in [-0.25, -0.2) is 10.3 Å². The van der Waals surface area contributed by atoms with Crippen molar-refractivity contribution in [3.05, 3.63) is 29.3 Å². The number of hydrogen-bond donors (Lipinski definition) is 1. The minimum absolute atomic E-state index is 0.108. The van der Waals surface area contributed by atoms with Gasteiger partial charge in [-0.3, -0.25) is 14.4 Å². The molecule has 6 heteroatoms. The summed E-state index contributed by atoms with van der Waals surface area (Å²) in [6.07, 6.45) is 0.352. The minimum Gasteiger partial charge on any atom is -0.274 e. The zero-order valence-electron chi connectivity index (χ0n) is 14.6. The first-order valence-corrected chi connectivity index (χ1v) is 7.93. The number of carbonyl (C=O) groups is 3. The fourth-order valence-corrected chi connectivity index (χ4v) is 3.45. The van der Waals surface area contributed by atoms with Crippen LogP contribution in [-0.4, -0.2) is 23.4 Å². The standard InChI is InChI=1S/C18H21N3O3/c1-10(22)21-13-7-6-11(8-12(13)18(4,5)16(21)24)15-17(2,3)9-14(23)19-20-15/h6-8H,9H2,1-5H3,(H,19,23). The van der Waals surface area contributed by atoms with Gasteiger partial charge in [0.25, 0.3) is 0 Å². The molecule has 0 bridgehead atoms. The van der Waals surface area contributed by atoms with Crippen LogP contribution in [0.3, 0.4) is 0 Å². The Morgan fingerprint density at radius 3 is 2.46 bits per heavy atom. The van der Waals surface area contributed by atoms with E-state index in [0.717, 1.165) is 16.8 Å². The van der Waals surface area contributed by atoms with E-state index in [1.165, 1.54) is 11.8 Å². The Hall–Kier alpha value is -2.50. The lowest BCUT2D eigenvalue weighted by atomic mass is 9.77. The molecule has 0 fully saturated rings. The maximum Gasteiger partial charge on any atom is 0.243 e. The van der Waals surface area contributed by atoms with Gasteiger partial charge < -0.3 is 0 Å². The molecule has 126 valence electrons. The fourth-order valence-electron chi connectivity index (χ4n) is 3.45. The number of hydrazone groups is 1. The quantitative estimate of drug-likeness (QED) is 0.858. The molecule has 6 nitrogen and oxygen atoms in total. The van der Waals surface area contributed by atoms with Crippen LogP contribution in [0.15, 0.2) is 23.3 Å². The van der Waals surface area contributed by atoms with Crippen molar-refractivity contribution >= 4 is 29.1 Å². The van der Waals surface area contributed by atoms with Crippen LogP contribution >= 0.6 is 0 Å². The second-order valence-corrected chi connectivity index (χ2v) is 7.57. The fraction of sp³-hybridized carbons (Fsp3) is 0.444. The number of amides is 3. The molecule has 0 aliphatic carbocycles. The van der Waals surface area contributed by atoms with Gasteiger partial charge in [-0.05, 0) is 37.1 Å². The molecule has 2 heterocycles. The molecular weight excluding hydrogens is 306 g/mol. The molecule has 1 aromatic rings. The number of carbonyl (C=O) groups excluding carboxylic acids is 3. The third kappa shape index (κ3) is 2.25. The molecule has 0 aromatic heterocycles. The summed E-state index contributed by atoms with van der Waals surface area (Å²) in [5, 5.41) is 4.23. The number of rotatable bonds is 1. The number of nitrogens with zero attached hydrogens (tertiary/aromatic N) is 2. The van der Waals surface area contributed by atoms with Crippen molar-refractivity contribution in [1.82, 2.24) is 5.43 Å². The average molecular weight is 327 g/mol.